The number of fused-ring (bicyclic) bond motifs is 1. The molecule has 0 saturated heterocycles. The second kappa shape index (κ2) is 5.29. The lowest BCUT2D eigenvalue weighted by atomic mass is 10.0. The van der Waals surface area contributed by atoms with Crippen molar-refractivity contribution in [2.24, 2.45) is 0 Å². The molecule has 1 aliphatic rings. The number of benzene rings is 2. The molecule has 0 saturated carbocycles. The van der Waals surface area contributed by atoms with Gasteiger partial charge in [-0.3, -0.25) is 4.79 Å². The number of hydrogen-bond donors (Lipinski definition) is 0. The van der Waals surface area contributed by atoms with Crippen LogP contribution in [0.5, 0.6) is 11.5 Å². The van der Waals surface area contributed by atoms with Crippen molar-refractivity contribution in [3.8, 4) is 11.5 Å². The number of carbonyl (C=O) groups excluding carboxylic acids is 1. The number of halogens is 1. The van der Waals surface area contributed by atoms with E-state index >= 15 is 0 Å². The fourth-order valence-electron chi connectivity index (χ4n) is 2.22. The minimum atomic E-state index is -0.0219. The third-order valence-electron chi connectivity index (χ3n) is 3.11. The van der Waals surface area contributed by atoms with E-state index in [0.717, 1.165) is 10.0 Å². The molecule has 4 heteroatoms. The molecule has 0 radical (unpaired) electrons. The van der Waals surface area contributed by atoms with E-state index in [1.165, 1.54) is 0 Å². The molecule has 0 amide bonds. The van der Waals surface area contributed by atoms with Crippen molar-refractivity contribution < 1.29 is 14.3 Å². The average molecular weight is 333 g/mol. The number of ether oxygens (including phenoxy) is 2. The SMILES string of the molecule is Cc1cc(Br)cc(C(=O)c2ccc3c(c2)OCCO3)c1. The highest BCUT2D eigenvalue weighted by Crippen LogP contribution is 2.31. The van der Waals surface area contributed by atoms with Crippen molar-refractivity contribution >= 4 is 21.7 Å². The Labute approximate surface area is 125 Å². The second-order valence-corrected chi connectivity index (χ2v) is 5.62. The molecule has 0 N–H and O–H groups in total. The van der Waals surface area contributed by atoms with Crippen molar-refractivity contribution in [3.05, 3.63) is 57.6 Å². The molecule has 0 aliphatic carbocycles. The topological polar surface area (TPSA) is 35.5 Å². The van der Waals surface area contributed by atoms with Gasteiger partial charge in [0, 0.05) is 15.6 Å². The van der Waals surface area contributed by atoms with Crippen LogP contribution in [0, 0.1) is 6.92 Å². The van der Waals surface area contributed by atoms with E-state index in [-0.39, 0.29) is 5.78 Å². The summed E-state index contributed by atoms with van der Waals surface area (Å²) >= 11 is 3.42. The Hall–Kier alpha value is -1.81. The Bertz CT molecular complexity index is 659. The van der Waals surface area contributed by atoms with Crippen molar-refractivity contribution in [2.75, 3.05) is 13.2 Å². The van der Waals surface area contributed by atoms with Crippen LogP contribution in [0.15, 0.2) is 40.9 Å². The summed E-state index contributed by atoms with van der Waals surface area (Å²) in [4.78, 5) is 12.5. The van der Waals surface area contributed by atoms with E-state index in [9.17, 15) is 4.79 Å². The molecule has 3 nitrogen and oxygen atoms in total. The molecule has 102 valence electrons. The zero-order chi connectivity index (χ0) is 14.1. The highest BCUT2D eigenvalue weighted by atomic mass is 79.9. The summed E-state index contributed by atoms with van der Waals surface area (Å²) in [5.74, 6) is 1.30. The molecule has 2 aromatic rings. The number of ketones is 1. The summed E-state index contributed by atoms with van der Waals surface area (Å²) in [7, 11) is 0. The molecule has 0 spiro atoms. The van der Waals surface area contributed by atoms with Crippen LogP contribution in [0.25, 0.3) is 0 Å². The smallest absolute Gasteiger partial charge is 0.193 e. The summed E-state index contributed by atoms with van der Waals surface area (Å²) in [6, 6.07) is 11.0. The minimum absolute atomic E-state index is 0.0219. The summed E-state index contributed by atoms with van der Waals surface area (Å²) < 4.78 is 11.9. The van der Waals surface area contributed by atoms with Gasteiger partial charge in [0.15, 0.2) is 17.3 Å². The molecule has 0 atom stereocenters. The third-order valence-corrected chi connectivity index (χ3v) is 3.57. The summed E-state index contributed by atoms with van der Waals surface area (Å²) in [5, 5.41) is 0. The van der Waals surface area contributed by atoms with Crippen LogP contribution in [-0.2, 0) is 0 Å². The summed E-state index contributed by atoms with van der Waals surface area (Å²) in [5.41, 5.74) is 2.31. The first-order chi connectivity index (χ1) is 9.63. The zero-order valence-corrected chi connectivity index (χ0v) is 12.6. The lowest BCUT2D eigenvalue weighted by molar-refractivity contribution is 0.103. The quantitative estimate of drug-likeness (QED) is 0.785. The normalized spacial score (nSPS) is 13.1. The third kappa shape index (κ3) is 2.56. The minimum Gasteiger partial charge on any atom is -0.486 e. The number of rotatable bonds is 2. The van der Waals surface area contributed by atoms with E-state index in [4.69, 9.17) is 9.47 Å². The molecule has 0 aromatic heterocycles. The zero-order valence-electron chi connectivity index (χ0n) is 11.0. The number of aryl methyl sites for hydroxylation is 1. The molecule has 0 unspecified atom stereocenters. The van der Waals surface area contributed by atoms with Gasteiger partial charge in [0.05, 0.1) is 0 Å². The number of hydrogen-bond acceptors (Lipinski definition) is 3. The van der Waals surface area contributed by atoms with Gasteiger partial charge in [-0.15, -0.1) is 0 Å². The van der Waals surface area contributed by atoms with E-state index in [0.29, 0.717) is 35.8 Å². The fourth-order valence-corrected chi connectivity index (χ4v) is 2.83. The maximum atomic E-state index is 12.5. The Morgan fingerprint density at radius 3 is 2.50 bits per heavy atom. The van der Waals surface area contributed by atoms with Crippen molar-refractivity contribution in [2.45, 2.75) is 6.92 Å². The lowest BCUT2D eigenvalue weighted by Crippen LogP contribution is -2.15. The van der Waals surface area contributed by atoms with Crippen molar-refractivity contribution in [1.82, 2.24) is 0 Å². The monoisotopic (exact) mass is 332 g/mol. The van der Waals surface area contributed by atoms with E-state index in [2.05, 4.69) is 15.9 Å². The predicted molar refractivity (Wildman–Crippen MR) is 79.7 cm³/mol. The first-order valence-corrected chi connectivity index (χ1v) is 7.14. The van der Waals surface area contributed by atoms with Gasteiger partial charge in [-0.25, -0.2) is 0 Å². The Morgan fingerprint density at radius 1 is 1.00 bits per heavy atom. The van der Waals surface area contributed by atoms with E-state index in [1.807, 2.05) is 25.1 Å². The molecule has 1 heterocycles. The van der Waals surface area contributed by atoms with Crippen LogP contribution < -0.4 is 9.47 Å². The van der Waals surface area contributed by atoms with Gasteiger partial charge in [-0.2, -0.15) is 0 Å². The Morgan fingerprint density at radius 2 is 1.75 bits per heavy atom. The summed E-state index contributed by atoms with van der Waals surface area (Å²) in [6.45, 7) is 3.02. The Kier molecular flexibility index (Phi) is 3.49. The van der Waals surface area contributed by atoms with Crippen LogP contribution in [0.4, 0.5) is 0 Å². The first-order valence-electron chi connectivity index (χ1n) is 6.35. The fraction of sp³-hybridized carbons (Fsp3) is 0.188. The molecular weight excluding hydrogens is 320 g/mol. The van der Waals surface area contributed by atoms with Gasteiger partial charge >= 0.3 is 0 Å². The molecule has 3 rings (SSSR count). The van der Waals surface area contributed by atoms with Gasteiger partial charge in [0.1, 0.15) is 13.2 Å². The van der Waals surface area contributed by atoms with E-state index < -0.39 is 0 Å². The van der Waals surface area contributed by atoms with Crippen molar-refractivity contribution in [1.29, 1.82) is 0 Å². The highest BCUT2D eigenvalue weighted by Gasteiger charge is 2.16. The maximum absolute atomic E-state index is 12.5. The molecular formula is C16H13BrO3. The Balaban J connectivity index is 1.97. The standard InChI is InChI=1S/C16H13BrO3/c1-10-6-12(8-13(17)7-10)16(18)11-2-3-14-15(9-11)20-5-4-19-14/h2-3,6-9H,4-5H2,1H3. The molecule has 1 aliphatic heterocycles. The van der Waals surface area contributed by atoms with Crippen LogP contribution in [0.2, 0.25) is 0 Å². The molecule has 2 aromatic carbocycles. The number of carbonyl (C=O) groups is 1. The molecule has 20 heavy (non-hydrogen) atoms. The van der Waals surface area contributed by atoms with Crippen LogP contribution in [-0.4, -0.2) is 19.0 Å². The average Bonchev–Trinajstić information content (AvgIpc) is 2.45. The predicted octanol–water partition coefficient (Wildman–Crippen LogP) is 3.76. The maximum Gasteiger partial charge on any atom is 0.193 e. The largest absolute Gasteiger partial charge is 0.486 e. The summed E-state index contributed by atoms with van der Waals surface area (Å²) in [6.07, 6.45) is 0. The van der Waals surface area contributed by atoms with Gasteiger partial charge < -0.3 is 9.47 Å². The van der Waals surface area contributed by atoms with E-state index in [1.54, 1.807) is 18.2 Å². The van der Waals surface area contributed by atoms with Gasteiger partial charge in [0.2, 0.25) is 0 Å². The van der Waals surface area contributed by atoms with Crippen LogP contribution >= 0.6 is 15.9 Å². The second-order valence-electron chi connectivity index (χ2n) is 4.70. The van der Waals surface area contributed by atoms with Gasteiger partial charge in [-0.1, -0.05) is 15.9 Å². The van der Waals surface area contributed by atoms with Crippen molar-refractivity contribution in [3.63, 3.8) is 0 Å². The van der Waals surface area contributed by atoms with Crippen LogP contribution in [0.3, 0.4) is 0 Å². The first kappa shape index (κ1) is 13.2. The highest BCUT2D eigenvalue weighted by molar-refractivity contribution is 9.10. The molecule has 0 fully saturated rings. The lowest BCUT2D eigenvalue weighted by Gasteiger charge is -2.18. The van der Waals surface area contributed by atoms with Crippen LogP contribution in [0.1, 0.15) is 21.5 Å². The molecule has 0 bridgehead atoms. The van der Waals surface area contributed by atoms with Gasteiger partial charge in [0.25, 0.3) is 0 Å². The van der Waals surface area contributed by atoms with Gasteiger partial charge in [-0.05, 0) is 48.9 Å².